The molecule has 2 rings (SSSR count). The van der Waals surface area contributed by atoms with Crippen LogP contribution in [0.1, 0.15) is 11.1 Å². The summed E-state index contributed by atoms with van der Waals surface area (Å²) in [4.78, 5) is 12.0. The van der Waals surface area contributed by atoms with Gasteiger partial charge >= 0.3 is 0 Å². The van der Waals surface area contributed by atoms with Crippen molar-refractivity contribution in [3.8, 4) is 5.75 Å². The lowest BCUT2D eigenvalue weighted by Crippen LogP contribution is -2.36. The summed E-state index contributed by atoms with van der Waals surface area (Å²) in [6.07, 6.45) is 1.35. The molecule has 0 heterocycles. The Morgan fingerprint density at radius 3 is 2.56 bits per heavy atom. The Labute approximate surface area is 146 Å². The number of carbonyl (C=O) groups excluding carboxylic acids is 1. The van der Waals surface area contributed by atoms with Crippen LogP contribution in [0, 0.1) is 6.92 Å². The molecular weight excluding hydrogens is 342 g/mol. The minimum atomic E-state index is -3.75. The van der Waals surface area contributed by atoms with E-state index in [4.69, 9.17) is 0 Å². The number of hydrazone groups is 1. The average molecular weight is 361 g/mol. The molecule has 0 saturated heterocycles. The van der Waals surface area contributed by atoms with Crippen molar-refractivity contribution in [3.63, 3.8) is 0 Å². The largest absolute Gasteiger partial charge is 0.508 e. The second kappa shape index (κ2) is 7.91. The minimum absolute atomic E-state index is 0.0826. The highest BCUT2D eigenvalue weighted by Gasteiger charge is 2.22. The van der Waals surface area contributed by atoms with E-state index in [1.807, 2.05) is 6.92 Å². The number of phenolic OH excluding ortho intramolecular Hbond substituents is 1. The molecule has 1 amide bonds. The number of likely N-dealkylation sites (N-methyl/N-ethyl adjacent to an activating group) is 1. The lowest BCUT2D eigenvalue weighted by Gasteiger charge is -2.16. The summed E-state index contributed by atoms with van der Waals surface area (Å²) in [5, 5.41) is 13.1. The molecule has 8 heteroatoms. The van der Waals surface area contributed by atoms with Crippen LogP contribution in [0.4, 0.5) is 0 Å². The minimum Gasteiger partial charge on any atom is -0.508 e. The van der Waals surface area contributed by atoms with Crippen LogP contribution < -0.4 is 5.43 Å². The van der Waals surface area contributed by atoms with Crippen molar-refractivity contribution >= 4 is 22.1 Å². The Morgan fingerprint density at radius 1 is 1.24 bits per heavy atom. The van der Waals surface area contributed by atoms with Crippen molar-refractivity contribution in [3.05, 3.63) is 59.7 Å². The zero-order valence-electron chi connectivity index (χ0n) is 13.9. The third-order valence-electron chi connectivity index (χ3n) is 3.37. The summed E-state index contributed by atoms with van der Waals surface area (Å²) in [7, 11) is -2.42. The van der Waals surface area contributed by atoms with Gasteiger partial charge in [0.25, 0.3) is 5.91 Å². The van der Waals surface area contributed by atoms with Crippen LogP contribution >= 0.6 is 0 Å². The zero-order chi connectivity index (χ0) is 18.4. The van der Waals surface area contributed by atoms with E-state index in [-0.39, 0.29) is 17.2 Å². The van der Waals surface area contributed by atoms with Gasteiger partial charge in [0.15, 0.2) is 0 Å². The number of sulfonamides is 1. The van der Waals surface area contributed by atoms with Crippen LogP contribution in [-0.4, -0.2) is 43.5 Å². The maximum absolute atomic E-state index is 12.4. The predicted molar refractivity (Wildman–Crippen MR) is 94.8 cm³/mol. The molecule has 0 unspecified atom stereocenters. The van der Waals surface area contributed by atoms with Crippen molar-refractivity contribution in [2.45, 2.75) is 11.8 Å². The number of hydrogen-bond acceptors (Lipinski definition) is 5. The zero-order valence-corrected chi connectivity index (χ0v) is 14.7. The quantitative estimate of drug-likeness (QED) is 0.601. The second-order valence-electron chi connectivity index (χ2n) is 5.46. The molecule has 0 radical (unpaired) electrons. The summed E-state index contributed by atoms with van der Waals surface area (Å²) in [5.41, 5.74) is 3.80. The number of nitrogens with zero attached hydrogens (tertiary/aromatic N) is 2. The molecular formula is C17H19N3O4S. The molecule has 132 valence electrons. The maximum Gasteiger partial charge on any atom is 0.255 e. The summed E-state index contributed by atoms with van der Waals surface area (Å²) < 4.78 is 25.7. The molecule has 2 N–H and O–H groups in total. The Kier molecular flexibility index (Phi) is 5.89. The molecule has 25 heavy (non-hydrogen) atoms. The van der Waals surface area contributed by atoms with Gasteiger partial charge in [0.1, 0.15) is 5.75 Å². The van der Waals surface area contributed by atoms with Crippen LogP contribution in [0.2, 0.25) is 0 Å². The molecule has 0 bridgehead atoms. The summed E-state index contributed by atoms with van der Waals surface area (Å²) in [6.45, 7) is 1.49. The average Bonchev–Trinajstić information content (AvgIpc) is 2.55. The van der Waals surface area contributed by atoms with E-state index in [9.17, 15) is 18.3 Å². The first-order chi connectivity index (χ1) is 11.8. The van der Waals surface area contributed by atoms with Gasteiger partial charge in [-0.25, -0.2) is 13.8 Å². The molecule has 0 aromatic heterocycles. The van der Waals surface area contributed by atoms with E-state index in [1.54, 1.807) is 24.3 Å². The number of rotatable bonds is 6. The first-order valence-electron chi connectivity index (χ1n) is 7.43. The van der Waals surface area contributed by atoms with Gasteiger partial charge in [0.2, 0.25) is 10.0 Å². The number of aromatic hydroxyl groups is 1. The van der Waals surface area contributed by atoms with Gasteiger partial charge in [-0.15, -0.1) is 0 Å². The predicted octanol–water partition coefficient (Wildman–Crippen LogP) is 1.47. The van der Waals surface area contributed by atoms with Crippen molar-refractivity contribution in [2.75, 3.05) is 13.6 Å². The molecule has 0 atom stereocenters. The number of nitrogens with one attached hydrogen (secondary N) is 1. The van der Waals surface area contributed by atoms with Gasteiger partial charge in [-0.3, -0.25) is 4.79 Å². The molecule has 0 saturated carbocycles. The van der Waals surface area contributed by atoms with E-state index < -0.39 is 15.9 Å². The van der Waals surface area contributed by atoms with Gasteiger partial charge in [-0.2, -0.15) is 9.41 Å². The standard InChI is InChI=1S/C17H19N3O4S/c1-13-6-8-16(9-7-13)25(23,24)20(2)12-17(22)19-18-11-14-4-3-5-15(21)10-14/h3-11,21H,12H2,1-2H3,(H,19,22)/b18-11+. The number of hydrogen-bond donors (Lipinski definition) is 2. The highest BCUT2D eigenvalue weighted by Crippen LogP contribution is 2.14. The van der Waals surface area contributed by atoms with Crippen molar-refractivity contribution < 1.29 is 18.3 Å². The van der Waals surface area contributed by atoms with Crippen LogP contribution in [0.25, 0.3) is 0 Å². The lowest BCUT2D eigenvalue weighted by atomic mass is 10.2. The van der Waals surface area contributed by atoms with E-state index in [1.165, 1.54) is 37.5 Å². The summed E-state index contributed by atoms with van der Waals surface area (Å²) >= 11 is 0. The van der Waals surface area contributed by atoms with Crippen LogP contribution in [0.5, 0.6) is 5.75 Å². The van der Waals surface area contributed by atoms with Gasteiger partial charge in [0.05, 0.1) is 17.7 Å². The number of carbonyl (C=O) groups is 1. The van der Waals surface area contributed by atoms with Crippen molar-refractivity contribution in [1.82, 2.24) is 9.73 Å². The Bertz CT molecular complexity index is 877. The van der Waals surface area contributed by atoms with Crippen molar-refractivity contribution in [2.24, 2.45) is 5.10 Å². The van der Waals surface area contributed by atoms with Crippen LogP contribution in [-0.2, 0) is 14.8 Å². The number of phenols is 1. The topological polar surface area (TPSA) is 99.1 Å². The number of benzene rings is 2. The fourth-order valence-electron chi connectivity index (χ4n) is 2.00. The van der Waals surface area contributed by atoms with E-state index in [0.29, 0.717) is 5.56 Å². The Balaban J connectivity index is 1.96. The van der Waals surface area contributed by atoms with Crippen molar-refractivity contribution in [1.29, 1.82) is 0 Å². The van der Waals surface area contributed by atoms with Gasteiger partial charge in [-0.05, 0) is 36.8 Å². The third kappa shape index (κ3) is 5.13. The smallest absolute Gasteiger partial charge is 0.255 e. The third-order valence-corrected chi connectivity index (χ3v) is 5.19. The fraction of sp³-hybridized carbons (Fsp3) is 0.176. The number of aryl methyl sites for hydroxylation is 1. The highest BCUT2D eigenvalue weighted by molar-refractivity contribution is 7.89. The normalized spacial score (nSPS) is 11.8. The SMILES string of the molecule is Cc1ccc(S(=O)(=O)N(C)CC(=O)N/N=C/c2cccc(O)c2)cc1. The van der Waals surface area contributed by atoms with E-state index in [2.05, 4.69) is 10.5 Å². The molecule has 0 fully saturated rings. The molecule has 2 aromatic carbocycles. The highest BCUT2D eigenvalue weighted by atomic mass is 32.2. The maximum atomic E-state index is 12.4. The Morgan fingerprint density at radius 2 is 1.92 bits per heavy atom. The van der Waals surface area contributed by atoms with Gasteiger partial charge in [-0.1, -0.05) is 29.8 Å². The first kappa shape index (κ1) is 18.6. The second-order valence-corrected chi connectivity index (χ2v) is 7.51. The molecule has 0 aliphatic rings. The van der Waals surface area contributed by atoms with Gasteiger partial charge in [0, 0.05) is 7.05 Å². The number of amides is 1. The molecule has 0 spiro atoms. The molecule has 0 aliphatic heterocycles. The fourth-order valence-corrected chi connectivity index (χ4v) is 3.12. The monoisotopic (exact) mass is 361 g/mol. The van der Waals surface area contributed by atoms with E-state index in [0.717, 1.165) is 9.87 Å². The van der Waals surface area contributed by atoms with Gasteiger partial charge < -0.3 is 5.11 Å². The molecule has 0 aliphatic carbocycles. The summed E-state index contributed by atoms with van der Waals surface area (Å²) in [5.74, 6) is -0.492. The van der Waals surface area contributed by atoms with Crippen LogP contribution in [0.15, 0.2) is 58.5 Å². The first-order valence-corrected chi connectivity index (χ1v) is 8.87. The van der Waals surface area contributed by atoms with E-state index >= 15 is 0 Å². The molecule has 7 nitrogen and oxygen atoms in total. The molecule has 2 aromatic rings. The lowest BCUT2D eigenvalue weighted by molar-refractivity contribution is -0.121. The summed E-state index contributed by atoms with van der Waals surface area (Å²) in [6, 6.07) is 12.7. The Hall–Kier alpha value is -2.71. The van der Waals surface area contributed by atoms with Crippen LogP contribution in [0.3, 0.4) is 0 Å².